The third kappa shape index (κ3) is 8.48. The Morgan fingerprint density at radius 1 is 1.11 bits per heavy atom. The summed E-state index contributed by atoms with van der Waals surface area (Å²) in [6.07, 6.45) is 9.01. The highest BCUT2D eigenvalue weighted by molar-refractivity contribution is 7.91. The number of hydrogen-bond donors (Lipinski definition) is 3. The van der Waals surface area contributed by atoms with Crippen LogP contribution in [-0.2, 0) is 33.9 Å². The molecule has 2 aliphatic carbocycles. The summed E-state index contributed by atoms with van der Waals surface area (Å²) in [7, 11) is -3.89. The molecule has 47 heavy (non-hydrogen) atoms. The van der Waals surface area contributed by atoms with Gasteiger partial charge in [0.2, 0.25) is 21.8 Å². The first-order chi connectivity index (χ1) is 22.2. The van der Waals surface area contributed by atoms with Gasteiger partial charge >= 0.3 is 12.1 Å². The van der Waals surface area contributed by atoms with Crippen molar-refractivity contribution in [2.45, 2.75) is 113 Å². The fourth-order valence-corrected chi connectivity index (χ4v) is 7.36. The molecule has 0 radical (unpaired) electrons. The third-order valence-corrected chi connectivity index (χ3v) is 10.5. The fourth-order valence-electron chi connectivity index (χ4n) is 6.00. The molecule has 3 fully saturated rings. The average molecular weight is 674 g/mol. The number of hydrogen-bond acceptors (Lipinski definition) is 10. The summed E-state index contributed by atoms with van der Waals surface area (Å²) in [5.74, 6) is -3.21. The number of sulfonamides is 1. The molecule has 4 aliphatic rings. The van der Waals surface area contributed by atoms with E-state index in [2.05, 4.69) is 20.3 Å². The van der Waals surface area contributed by atoms with Gasteiger partial charge in [-0.25, -0.2) is 18.0 Å². The molecule has 0 spiro atoms. The summed E-state index contributed by atoms with van der Waals surface area (Å²) >= 11 is 0. The van der Waals surface area contributed by atoms with Crippen LogP contribution in [0.1, 0.15) is 88.9 Å². The molecule has 1 aromatic heterocycles. The third-order valence-electron chi connectivity index (χ3n) is 8.70. The predicted octanol–water partition coefficient (Wildman–Crippen LogP) is 2.10. The summed E-state index contributed by atoms with van der Waals surface area (Å²) in [5.41, 5.74) is -2.15. The van der Waals surface area contributed by atoms with Crippen molar-refractivity contribution in [2.75, 3.05) is 6.54 Å². The minimum atomic E-state index is -3.89. The number of rotatable bonds is 6. The molecule has 0 bridgehead atoms. The van der Waals surface area contributed by atoms with Gasteiger partial charge in [0.1, 0.15) is 29.3 Å². The van der Waals surface area contributed by atoms with E-state index in [4.69, 9.17) is 9.47 Å². The zero-order chi connectivity index (χ0) is 34.0. The Balaban J connectivity index is 1.42. The molecule has 1 aromatic rings. The summed E-state index contributed by atoms with van der Waals surface area (Å²) < 4.78 is 38.6. The highest BCUT2D eigenvalue weighted by atomic mass is 32.2. The maximum atomic E-state index is 14.1. The van der Waals surface area contributed by atoms with Crippen LogP contribution in [0.4, 0.5) is 4.79 Å². The highest BCUT2D eigenvalue weighted by Crippen LogP contribution is 2.46. The maximum absolute atomic E-state index is 14.1. The standard InChI is InChI=1S/C32H43N5O9S/c1-31(2,3)46-30(42)34-24-12-8-6-4-5-7-11-21-17-32(21,29(41)36-47(43,44)23-13-14-23)35-26(38)25-16-22(19-37(25)27(24)39)45-28(40)20-10-9-15-33-18-20/h7,9-11,15,18,21-25H,4-6,8,12-14,16-17,19H2,1-3H3,(H,34,42)(H,35,38)(H,36,41)/b11-7-/t21-,22+,24-,25-,32+/m0/s1. The lowest BCUT2D eigenvalue weighted by molar-refractivity contribution is -0.141. The Morgan fingerprint density at radius 2 is 1.87 bits per heavy atom. The van der Waals surface area contributed by atoms with Crippen LogP contribution in [0.5, 0.6) is 0 Å². The molecule has 256 valence electrons. The second-order valence-electron chi connectivity index (χ2n) is 13.7. The van der Waals surface area contributed by atoms with Crippen molar-refractivity contribution in [3.63, 3.8) is 0 Å². The monoisotopic (exact) mass is 673 g/mol. The fraction of sp³-hybridized carbons (Fsp3) is 0.625. The number of esters is 1. The van der Waals surface area contributed by atoms with Crippen molar-refractivity contribution in [3.8, 4) is 0 Å². The van der Waals surface area contributed by atoms with E-state index in [0.29, 0.717) is 25.7 Å². The van der Waals surface area contributed by atoms with Crippen LogP contribution in [0.15, 0.2) is 36.7 Å². The molecular formula is C32H43N5O9S. The van der Waals surface area contributed by atoms with E-state index in [9.17, 15) is 32.4 Å². The van der Waals surface area contributed by atoms with Crippen LogP contribution in [-0.4, -0.2) is 89.2 Å². The first-order valence-electron chi connectivity index (χ1n) is 16.1. The molecule has 15 heteroatoms. The van der Waals surface area contributed by atoms with E-state index >= 15 is 0 Å². The van der Waals surface area contributed by atoms with Gasteiger partial charge in [0, 0.05) is 24.7 Å². The zero-order valence-electron chi connectivity index (χ0n) is 26.9. The number of allylic oxidation sites excluding steroid dienone is 1. The SMILES string of the molecule is CC(C)(C)OC(=O)N[C@H]1CCCCC/C=C\[C@H]2C[C@@]2(C(=O)NS(=O)(=O)C2CC2)NC(=O)[C@@H]2C[C@@H](OC(=O)c3cccnc3)CN2C1=O. The number of amides is 4. The van der Waals surface area contributed by atoms with Gasteiger partial charge < -0.3 is 25.0 Å². The van der Waals surface area contributed by atoms with E-state index < -0.39 is 80.3 Å². The van der Waals surface area contributed by atoms with Gasteiger partial charge in [0.05, 0.1) is 17.4 Å². The van der Waals surface area contributed by atoms with Gasteiger partial charge in [-0.15, -0.1) is 0 Å². The molecule has 14 nitrogen and oxygen atoms in total. The lowest BCUT2D eigenvalue weighted by atomic mass is 10.0. The summed E-state index contributed by atoms with van der Waals surface area (Å²) in [6.45, 7) is 4.96. The van der Waals surface area contributed by atoms with Crippen LogP contribution < -0.4 is 15.4 Å². The normalized spacial score (nSPS) is 29.1. The lowest BCUT2D eigenvalue weighted by Gasteiger charge is -2.30. The Kier molecular flexibility index (Phi) is 9.94. The van der Waals surface area contributed by atoms with E-state index in [0.717, 1.165) is 12.8 Å². The molecule has 2 aliphatic heterocycles. The molecule has 3 N–H and O–H groups in total. The van der Waals surface area contributed by atoms with Crippen LogP contribution >= 0.6 is 0 Å². The molecule has 2 saturated carbocycles. The summed E-state index contributed by atoms with van der Waals surface area (Å²) in [6, 6.07) is 0.884. The zero-order valence-corrected chi connectivity index (χ0v) is 27.7. The molecule has 0 unspecified atom stereocenters. The topological polar surface area (TPSA) is 190 Å². The van der Waals surface area contributed by atoms with Crippen LogP contribution in [0.25, 0.3) is 0 Å². The van der Waals surface area contributed by atoms with E-state index in [1.54, 1.807) is 26.8 Å². The number of nitrogens with one attached hydrogen (secondary N) is 3. The van der Waals surface area contributed by atoms with Gasteiger partial charge in [-0.05, 0) is 71.4 Å². The molecular weight excluding hydrogens is 630 g/mol. The Hall–Kier alpha value is -4.01. The number of pyridine rings is 1. The second-order valence-corrected chi connectivity index (χ2v) is 15.7. The number of ether oxygens (including phenoxy) is 2. The van der Waals surface area contributed by atoms with Crippen molar-refractivity contribution in [3.05, 3.63) is 42.2 Å². The molecule has 1 saturated heterocycles. The maximum Gasteiger partial charge on any atom is 0.408 e. The number of fused-ring (bicyclic) bond motifs is 2. The Bertz CT molecular complexity index is 1520. The Labute approximate surface area is 274 Å². The number of alkyl carbamates (subject to hydrolysis) is 1. The number of carbonyl (C=O) groups is 5. The number of nitrogens with zero attached hydrogens (tertiary/aromatic N) is 2. The van der Waals surface area contributed by atoms with E-state index in [1.807, 2.05) is 12.2 Å². The minimum absolute atomic E-state index is 0.0820. The van der Waals surface area contributed by atoms with Gasteiger partial charge in [-0.1, -0.05) is 25.0 Å². The van der Waals surface area contributed by atoms with Crippen LogP contribution in [0.2, 0.25) is 0 Å². The average Bonchev–Trinajstić information content (AvgIpc) is 3.92. The van der Waals surface area contributed by atoms with Crippen molar-refractivity contribution in [2.24, 2.45) is 5.92 Å². The molecule has 5 atom stereocenters. The lowest BCUT2D eigenvalue weighted by Crippen LogP contribution is -2.58. The number of aromatic nitrogens is 1. The first kappa shape index (κ1) is 34.3. The number of carbonyl (C=O) groups excluding carboxylic acids is 5. The summed E-state index contributed by atoms with van der Waals surface area (Å²) in [4.78, 5) is 72.6. The predicted molar refractivity (Wildman–Crippen MR) is 168 cm³/mol. The van der Waals surface area contributed by atoms with Gasteiger partial charge in [0.25, 0.3) is 5.91 Å². The second kappa shape index (κ2) is 13.6. The minimum Gasteiger partial charge on any atom is -0.457 e. The van der Waals surface area contributed by atoms with Crippen LogP contribution in [0.3, 0.4) is 0 Å². The molecule has 4 amide bonds. The van der Waals surface area contributed by atoms with Crippen LogP contribution in [0, 0.1) is 5.92 Å². The largest absolute Gasteiger partial charge is 0.457 e. The molecule has 3 heterocycles. The van der Waals surface area contributed by atoms with Crippen molar-refractivity contribution in [1.29, 1.82) is 0 Å². The van der Waals surface area contributed by atoms with Gasteiger partial charge in [-0.3, -0.25) is 24.1 Å². The van der Waals surface area contributed by atoms with E-state index in [-0.39, 0.29) is 31.4 Å². The van der Waals surface area contributed by atoms with Crippen molar-refractivity contribution < 1.29 is 41.9 Å². The molecule has 0 aromatic carbocycles. The van der Waals surface area contributed by atoms with E-state index in [1.165, 1.54) is 23.4 Å². The van der Waals surface area contributed by atoms with Crippen molar-refractivity contribution in [1.82, 2.24) is 25.2 Å². The smallest absolute Gasteiger partial charge is 0.408 e. The quantitative estimate of drug-likeness (QED) is 0.298. The van der Waals surface area contributed by atoms with Gasteiger partial charge in [0.15, 0.2) is 0 Å². The first-order valence-corrected chi connectivity index (χ1v) is 17.7. The Morgan fingerprint density at radius 3 is 2.55 bits per heavy atom. The van der Waals surface area contributed by atoms with Gasteiger partial charge in [-0.2, -0.15) is 0 Å². The van der Waals surface area contributed by atoms with Crippen molar-refractivity contribution >= 4 is 39.8 Å². The molecule has 5 rings (SSSR count). The summed E-state index contributed by atoms with van der Waals surface area (Å²) in [5, 5.41) is 4.81. The highest BCUT2D eigenvalue weighted by Gasteiger charge is 2.62.